The van der Waals surface area contributed by atoms with Crippen LogP contribution in [0.4, 0.5) is 0 Å². The van der Waals surface area contributed by atoms with E-state index in [1.165, 1.54) is 6.92 Å². The van der Waals surface area contributed by atoms with Gasteiger partial charge in [-0.3, -0.25) is 9.78 Å². The first-order valence-corrected chi connectivity index (χ1v) is 5.91. The summed E-state index contributed by atoms with van der Waals surface area (Å²) in [7, 11) is 0. The first-order valence-electron chi connectivity index (χ1n) is 5.91. The zero-order chi connectivity index (χ0) is 13.6. The van der Waals surface area contributed by atoms with Crippen LogP contribution in [0.2, 0.25) is 0 Å². The first-order chi connectivity index (χ1) is 8.48. The van der Waals surface area contributed by atoms with E-state index in [2.05, 4.69) is 10.3 Å². The number of hydrogen-bond donors (Lipinski definition) is 2. The van der Waals surface area contributed by atoms with Crippen molar-refractivity contribution in [2.45, 2.75) is 38.6 Å². The molecule has 0 saturated carbocycles. The smallest absolute Gasteiger partial charge is 0.329 e. The quantitative estimate of drug-likeness (QED) is 0.799. The monoisotopic (exact) mass is 250 g/mol. The third-order valence-corrected chi connectivity index (χ3v) is 2.96. The Labute approximate surface area is 106 Å². The van der Waals surface area contributed by atoms with E-state index in [9.17, 15) is 9.59 Å². The van der Waals surface area contributed by atoms with Gasteiger partial charge in [0, 0.05) is 18.8 Å². The number of carboxylic acid groups (broad SMARTS) is 1. The summed E-state index contributed by atoms with van der Waals surface area (Å²) in [6.07, 6.45) is 4.53. The summed E-state index contributed by atoms with van der Waals surface area (Å²) in [5, 5.41) is 11.6. The lowest BCUT2D eigenvalue weighted by Crippen LogP contribution is -2.51. The van der Waals surface area contributed by atoms with Crippen molar-refractivity contribution in [2.24, 2.45) is 0 Å². The second-order valence-corrected chi connectivity index (χ2v) is 4.40. The van der Waals surface area contributed by atoms with Crippen LogP contribution in [-0.2, 0) is 16.0 Å². The van der Waals surface area contributed by atoms with Crippen molar-refractivity contribution in [3.05, 3.63) is 30.1 Å². The maximum atomic E-state index is 11.7. The molecule has 0 bridgehead atoms. The maximum absolute atomic E-state index is 11.7. The number of nitrogens with zero attached hydrogens (tertiary/aromatic N) is 1. The Kier molecular flexibility index (Phi) is 4.83. The molecule has 0 aliphatic carbocycles. The van der Waals surface area contributed by atoms with Crippen molar-refractivity contribution in [1.82, 2.24) is 10.3 Å². The lowest BCUT2D eigenvalue weighted by atomic mass is 9.98. The highest BCUT2D eigenvalue weighted by atomic mass is 16.4. The molecule has 98 valence electrons. The topological polar surface area (TPSA) is 79.3 Å². The summed E-state index contributed by atoms with van der Waals surface area (Å²) < 4.78 is 0. The molecule has 0 aliphatic rings. The summed E-state index contributed by atoms with van der Waals surface area (Å²) in [5.41, 5.74) is -0.229. The van der Waals surface area contributed by atoms with E-state index in [0.717, 1.165) is 5.56 Å². The SMILES string of the molecule is CCC(C)(NC(=O)CCc1cccnc1)C(=O)O. The van der Waals surface area contributed by atoms with E-state index in [1.54, 1.807) is 25.4 Å². The van der Waals surface area contributed by atoms with Gasteiger partial charge in [-0.25, -0.2) is 4.79 Å². The van der Waals surface area contributed by atoms with Gasteiger partial charge in [-0.05, 0) is 31.4 Å². The predicted octanol–water partition coefficient (Wildman–Crippen LogP) is 1.38. The van der Waals surface area contributed by atoms with Gasteiger partial charge in [0.1, 0.15) is 5.54 Å². The number of pyridine rings is 1. The van der Waals surface area contributed by atoms with Crippen LogP contribution in [0.3, 0.4) is 0 Å². The Hall–Kier alpha value is -1.91. The molecule has 5 heteroatoms. The van der Waals surface area contributed by atoms with Crippen LogP contribution in [-0.4, -0.2) is 27.5 Å². The predicted molar refractivity (Wildman–Crippen MR) is 67.0 cm³/mol. The number of aryl methyl sites for hydroxylation is 1. The van der Waals surface area contributed by atoms with Gasteiger partial charge < -0.3 is 10.4 Å². The summed E-state index contributed by atoms with van der Waals surface area (Å²) in [6.45, 7) is 3.24. The zero-order valence-corrected chi connectivity index (χ0v) is 10.6. The van der Waals surface area contributed by atoms with Gasteiger partial charge in [-0.2, -0.15) is 0 Å². The molecule has 5 nitrogen and oxygen atoms in total. The van der Waals surface area contributed by atoms with E-state index in [-0.39, 0.29) is 12.3 Å². The molecule has 1 atom stereocenters. The number of amides is 1. The molecule has 1 heterocycles. The fraction of sp³-hybridized carbons (Fsp3) is 0.462. The number of carboxylic acids is 1. The van der Waals surface area contributed by atoms with Gasteiger partial charge in [-0.1, -0.05) is 13.0 Å². The molecule has 1 rings (SSSR count). The van der Waals surface area contributed by atoms with E-state index < -0.39 is 11.5 Å². The molecule has 0 spiro atoms. The third kappa shape index (κ3) is 3.84. The Morgan fingerprint density at radius 2 is 2.22 bits per heavy atom. The van der Waals surface area contributed by atoms with E-state index in [0.29, 0.717) is 12.8 Å². The highest BCUT2D eigenvalue weighted by Gasteiger charge is 2.32. The van der Waals surface area contributed by atoms with Crippen LogP contribution in [0, 0.1) is 0 Å². The summed E-state index contributed by atoms with van der Waals surface area (Å²) >= 11 is 0. The Balaban J connectivity index is 2.49. The number of aromatic nitrogens is 1. The molecule has 1 aromatic rings. The fourth-order valence-electron chi connectivity index (χ4n) is 1.47. The molecule has 0 saturated heterocycles. The van der Waals surface area contributed by atoms with Gasteiger partial charge in [-0.15, -0.1) is 0 Å². The summed E-state index contributed by atoms with van der Waals surface area (Å²) in [4.78, 5) is 26.7. The van der Waals surface area contributed by atoms with E-state index >= 15 is 0 Å². The van der Waals surface area contributed by atoms with Crippen LogP contribution >= 0.6 is 0 Å². The van der Waals surface area contributed by atoms with Crippen LogP contribution in [0.25, 0.3) is 0 Å². The number of rotatable bonds is 6. The van der Waals surface area contributed by atoms with Crippen molar-refractivity contribution in [3.8, 4) is 0 Å². The Morgan fingerprint density at radius 3 is 2.72 bits per heavy atom. The first kappa shape index (κ1) is 14.2. The summed E-state index contributed by atoms with van der Waals surface area (Å²) in [5.74, 6) is -1.27. The molecule has 1 amide bonds. The average Bonchev–Trinajstić information content (AvgIpc) is 2.37. The highest BCUT2D eigenvalue weighted by Crippen LogP contribution is 2.10. The van der Waals surface area contributed by atoms with Crippen molar-refractivity contribution in [3.63, 3.8) is 0 Å². The minimum absolute atomic E-state index is 0.258. The Morgan fingerprint density at radius 1 is 1.50 bits per heavy atom. The van der Waals surface area contributed by atoms with Crippen LogP contribution < -0.4 is 5.32 Å². The van der Waals surface area contributed by atoms with Crippen molar-refractivity contribution < 1.29 is 14.7 Å². The lowest BCUT2D eigenvalue weighted by molar-refractivity contribution is -0.147. The Bertz CT molecular complexity index is 420. The van der Waals surface area contributed by atoms with Gasteiger partial charge >= 0.3 is 5.97 Å². The normalized spacial score (nSPS) is 13.7. The van der Waals surface area contributed by atoms with Gasteiger partial charge in [0.05, 0.1) is 0 Å². The molecule has 0 radical (unpaired) electrons. The molecule has 0 aliphatic heterocycles. The van der Waals surface area contributed by atoms with Crippen molar-refractivity contribution in [2.75, 3.05) is 0 Å². The fourth-order valence-corrected chi connectivity index (χ4v) is 1.47. The summed E-state index contributed by atoms with van der Waals surface area (Å²) in [6, 6.07) is 3.69. The van der Waals surface area contributed by atoms with Crippen LogP contribution in [0.1, 0.15) is 32.3 Å². The molecule has 1 unspecified atom stereocenters. The maximum Gasteiger partial charge on any atom is 0.329 e. The molecular formula is C13H18N2O3. The molecular weight excluding hydrogens is 232 g/mol. The number of carbonyl (C=O) groups is 2. The minimum Gasteiger partial charge on any atom is -0.480 e. The lowest BCUT2D eigenvalue weighted by Gasteiger charge is -2.24. The van der Waals surface area contributed by atoms with E-state index in [1.807, 2.05) is 6.07 Å². The minimum atomic E-state index is -1.19. The van der Waals surface area contributed by atoms with E-state index in [4.69, 9.17) is 5.11 Å². The molecule has 0 aromatic carbocycles. The van der Waals surface area contributed by atoms with Crippen LogP contribution in [0.5, 0.6) is 0 Å². The number of hydrogen-bond acceptors (Lipinski definition) is 3. The van der Waals surface area contributed by atoms with Gasteiger partial charge in [0.2, 0.25) is 5.91 Å². The van der Waals surface area contributed by atoms with Gasteiger partial charge in [0.25, 0.3) is 0 Å². The second-order valence-electron chi connectivity index (χ2n) is 4.40. The van der Waals surface area contributed by atoms with Gasteiger partial charge in [0.15, 0.2) is 0 Å². The highest BCUT2D eigenvalue weighted by molar-refractivity contribution is 5.86. The largest absolute Gasteiger partial charge is 0.480 e. The second kappa shape index (κ2) is 6.14. The third-order valence-electron chi connectivity index (χ3n) is 2.96. The van der Waals surface area contributed by atoms with Crippen molar-refractivity contribution >= 4 is 11.9 Å². The number of carbonyl (C=O) groups excluding carboxylic acids is 1. The molecule has 18 heavy (non-hydrogen) atoms. The molecule has 0 fully saturated rings. The molecule has 1 aromatic heterocycles. The zero-order valence-electron chi connectivity index (χ0n) is 10.6. The van der Waals surface area contributed by atoms with Crippen LogP contribution in [0.15, 0.2) is 24.5 Å². The average molecular weight is 250 g/mol. The standard InChI is InChI=1S/C13H18N2O3/c1-3-13(2,12(17)18)15-11(16)7-6-10-5-4-8-14-9-10/h4-5,8-9H,3,6-7H2,1-2H3,(H,15,16)(H,17,18). The molecule has 2 N–H and O–H groups in total. The number of nitrogens with one attached hydrogen (secondary N) is 1. The number of aliphatic carboxylic acids is 1. The van der Waals surface area contributed by atoms with Crippen molar-refractivity contribution in [1.29, 1.82) is 0 Å².